The summed E-state index contributed by atoms with van der Waals surface area (Å²) in [6, 6.07) is 0. The van der Waals surface area contributed by atoms with E-state index in [4.69, 9.17) is 5.73 Å². The van der Waals surface area contributed by atoms with Crippen LogP contribution in [0.1, 0.15) is 19.3 Å². The van der Waals surface area contributed by atoms with Crippen LogP contribution in [0, 0.1) is 11.8 Å². The predicted molar refractivity (Wildman–Crippen MR) is 37.0 cm³/mol. The minimum atomic E-state index is -0.452. The molecule has 2 bridgehead atoms. The molecule has 2 rings (SSSR count). The Hall–Kier alpha value is -0.790. The van der Waals surface area contributed by atoms with E-state index in [0.717, 1.165) is 18.4 Å². The number of amides is 1. The molecular formula is C8H10NO. The summed E-state index contributed by atoms with van der Waals surface area (Å²) in [5.74, 6) is 0.636. The third-order valence-electron chi connectivity index (χ3n) is 2.59. The summed E-state index contributed by atoms with van der Waals surface area (Å²) in [6.45, 7) is 0. The lowest BCUT2D eigenvalue weighted by Crippen LogP contribution is -2.09. The second-order valence-corrected chi connectivity index (χ2v) is 3.22. The van der Waals surface area contributed by atoms with Crippen LogP contribution in [0.15, 0.2) is 11.6 Å². The highest BCUT2D eigenvalue weighted by Crippen LogP contribution is 2.43. The molecule has 1 radical (unpaired) electrons. The van der Waals surface area contributed by atoms with Crippen LogP contribution in [-0.2, 0) is 4.79 Å². The molecule has 53 valence electrons. The fourth-order valence-electron chi connectivity index (χ4n) is 2.10. The molecule has 1 saturated carbocycles. The Balaban J connectivity index is 2.25. The Morgan fingerprint density at radius 2 is 2.40 bits per heavy atom. The summed E-state index contributed by atoms with van der Waals surface area (Å²) in [6.07, 6.45) is 5.52. The molecule has 2 heteroatoms. The minimum absolute atomic E-state index is 0.452. The SMILES string of the molecule is [NH]C(=O)C1=CC2CCC1C2. The quantitative estimate of drug-likeness (QED) is 0.533. The minimum Gasteiger partial charge on any atom is -0.268 e. The fraction of sp³-hybridized carbons (Fsp3) is 0.625. The van der Waals surface area contributed by atoms with E-state index in [1.165, 1.54) is 6.42 Å². The Kier molecular flexibility index (Phi) is 1.10. The number of nitrogens with one attached hydrogen (secondary N) is 1. The van der Waals surface area contributed by atoms with Crippen LogP contribution in [0.4, 0.5) is 0 Å². The van der Waals surface area contributed by atoms with Gasteiger partial charge in [0, 0.05) is 5.57 Å². The van der Waals surface area contributed by atoms with Gasteiger partial charge in [-0.05, 0) is 31.1 Å². The third-order valence-corrected chi connectivity index (χ3v) is 2.59. The Morgan fingerprint density at radius 1 is 1.60 bits per heavy atom. The molecule has 0 heterocycles. The molecule has 1 amide bonds. The van der Waals surface area contributed by atoms with Crippen LogP contribution in [0.3, 0.4) is 0 Å². The zero-order chi connectivity index (χ0) is 7.14. The van der Waals surface area contributed by atoms with Crippen LogP contribution < -0.4 is 5.73 Å². The highest BCUT2D eigenvalue weighted by atomic mass is 16.1. The molecule has 2 nitrogen and oxygen atoms in total. The van der Waals surface area contributed by atoms with Gasteiger partial charge in [-0.15, -0.1) is 0 Å². The lowest BCUT2D eigenvalue weighted by atomic mass is 9.98. The van der Waals surface area contributed by atoms with Crippen LogP contribution in [0.5, 0.6) is 0 Å². The van der Waals surface area contributed by atoms with Crippen LogP contribution in [0.2, 0.25) is 0 Å². The number of carbonyl (C=O) groups excluding carboxylic acids is 1. The highest BCUT2D eigenvalue weighted by molar-refractivity contribution is 5.92. The smallest absolute Gasteiger partial charge is 0.265 e. The van der Waals surface area contributed by atoms with Crippen LogP contribution in [0.25, 0.3) is 0 Å². The molecule has 0 aromatic heterocycles. The fourth-order valence-corrected chi connectivity index (χ4v) is 2.10. The first-order valence-electron chi connectivity index (χ1n) is 3.75. The second kappa shape index (κ2) is 1.84. The van der Waals surface area contributed by atoms with E-state index < -0.39 is 5.91 Å². The van der Waals surface area contributed by atoms with Crippen LogP contribution >= 0.6 is 0 Å². The number of hydrogen-bond donors (Lipinski definition) is 0. The number of carbonyl (C=O) groups is 1. The first-order chi connectivity index (χ1) is 4.77. The first kappa shape index (κ1) is 5.96. The largest absolute Gasteiger partial charge is 0.268 e. The highest BCUT2D eigenvalue weighted by Gasteiger charge is 2.34. The van der Waals surface area contributed by atoms with Crippen molar-refractivity contribution in [1.82, 2.24) is 5.73 Å². The summed E-state index contributed by atoms with van der Waals surface area (Å²) < 4.78 is 0. The zero-order valence-corrected chi connectivity index (χ0v) is 5.76. The zero-order valence-electron chi connectivity index (χ0n) is 5.76. The Labute approximate surface area is 60.1 Å². The van der Waals surface area contributed by atoms with Crippen molar-refractivity contribution in [2.75, 3.05) is 0 Å². The standard InChI is InChI=1S/C8H10NO/c9-8(10)7-4-5-1-2-6(7)3-5/h4-6,9H,1-3H2. The van der Waals surface area contributed by atoms with Gasteiger partial charge in [0.2, 0.25) is 0 Å². The van der Waals surface area contributed by atoms with Gasteiger partial charge in [0.1, 0.15) is 0 Å². The van der Waals surface area contributed by atoms with Gasteiger partial charge in [0.15, 0.2) is 0 Å². The van der Waals surface area contributed by atoms with Crippen molar-refractivity contribution in [2.45, 2.75) is 19.3 Å². The lowest BCUT2D eigenvalue weighted by Gasteiger charge is -2.07. The summed E-state index contributed by atoms with van der Waals surface area (Å²) in [7, 11) is 0. The average molecular weight is 136 g/mol. The van der Waals surface area contributed by atoms with Crippen molar-refractivity contribution in [1.29, 1.82) is 0 Å². The maximum atomic E-state index is 10.6. The van der Waals surface area contributed by atoms with Gasteiger partial charge < -0.3 is 0 Å². The van der Waals surface area contributed by atoms with Crippen molar-refractivity contribution >= 4 is 5.91 Å². The Bertz CT molecular complexity index is 207. The molecule has 10 heavy (non-hydrogen) atoms. The van der Waals surface area contributed by atoms with Gasteiger partial charge in [-0.2, -0.15) is 0 Å². The normalized spacial score (nSPS) is 36.2. The van der Waals surface area contributed by atoms with Gasteiger partial charge in [0.05, 0.1) is 0 Å². The van der Waals surface area contributed by atoms with E-state index in [1.54, 1.807) is 0 Å². The summed E-state index contributed by atoms with van der Waals surface area (Å²) in [5.41, 5.74) is 7.71. The third kappa shape index (κ3) is 0.681. The number of rotatable bonds is 1. The molecule has 0 saturated heterocycles. The number of allylic oxidation sites excluding steroid dienone is 1. The van der Waals surface area contributed by atoms with Crippen molar-refractivity contribution in [3.63, 3.8) is 0 Å². The molecular weight excluding hydrogens is 126 g/mol. The van der Waals surface area contributed by atoms with Gasteiger partial charge in [-0.3, -0.25) is 10.5 Å². The van der Waals surface area contributed by atoms with Gasteiger partial charge in [-0.25, -0.2) is 0 Å². The molecule has 0 spiro atoms. The molecule has 2 unspecified atom stereocenters. The van der Waals surface area contributed by atoms with Crippen molar-refractivity contribution in [3.8, 4) is 0 Å². The average Bonchev–Trinajstić information content (AvgIpc) is 2.44. The second-order valence-electron chi connectivity index (χ2n) is 3.22. The summed E-state index contributed by atoms with van der Waals surface area (Å²) in [5, 5.41) is 0. The maximum Gasteiger partial charge on any atom is 0.265 e. The molecule has 2 aliphatic rings. The summed E-state index contributed by atoms with van der Waals surface area (Å²) in [4.78, 5) is 10.6. The summed E-state index contributed by atoms with van der Waals surface area (Å²) >= 11 is 0. The lowest BCUT2D eigenvalue weighted by molar-refractivity contribution is -0.115. The molecule has 1 N–H and O–H groups in total. The first-order valence-corrected chi connectivity index (χ1v) is 3.75. The topological polar surface area (TPSA) is 40.9 Å². The van der Waals surface area contributed by atoms with E-state index in [2.05, 4.69) is 0 Å². The molecule has 2 aliphatic carbocycles. The van der Waals surface area contributed by atoms with E-state index in [9.17, 15) is 4.79 Å². The van der Waals surface area contributed by atoms with E-state index in [1.807, 2.05) is 6.08 Å². The van der Waals surface area contributed by atoms with E-state index in [-0.39, 0.29) is 0 Å². The maximum absolute atomic E-state index is 10.6. The van der Waals surface area contributed by atoms with Crippen molar-refractivity contribution in [2.24, 2.45) is 11.8 Å². The van der Waals surface area contributed by atoms with E-state index >= 15 is 0 Å². The molecule has 0 aromatic rings. The van der Waals surface area contributed by atoms with E-state index in [0.29, 0.717) is 11.8 Å². The van der Waals surface area contributed by atoms with Gasteiger partial charge in [0.25, 0.3) is 5.91 Å². The molecule has 0 aromatic carbocycles. The van der Waals surface area contributed by atoms with Gasteiger partial charge in [-0.1, -0.05) is 6.08 Å². The van der Waals surface area contributed by atoms with Crippen molar-refractivity contribution in [3.05, 3.63) is 11.6 Å². The predicted octanol–water partition coefficient (Wildman–Crippen LogP) is 1.15. The van der Waals surface area contributed by atoms with Crippen LogP contribution in [-0.4, -0.2) is 5.91 Å². The van der Waals surface area contributed by atoms with Gasteiger partial charge >= 0.3 is 0 Å². The molecule has 2 atom stereocenters. The monoisotopic (exact) mass is 136 g/mol. The number of fused-ring (bicyclic) bond motifs is 2. The number of hydrogen-bond acceptors (Lipinski definition) is 1. The Morgan fingerprint density at radius 3 is 2.70 bits per heavy atom. The molecule has 0 aliphatic heterocycles. The van der Waals surface area contributed by atoms with Crippen molar-refractivity contribution < 1.29 is 4.79 Å². The molecule has 1 fully saturated rings.